The summed E-state index contributed by atoms with van der Waals surface area (Å²) in [4.78, 5) is 14.4. The van der Waals surface area contributed by atoms with Gasteiger partial charge in [-0.05, 0) is 35.9 Å². The maximum absolute atomic E-state index is 12.9. The van der Waals surface area contributed by atoms with E-state index in [1.807, 2.05) is 0 Å². The van der Waals surface area contributed by atoms with Crippen molar-refractivity contribution in [3.63, 3.8) is 0 Å². The molecule has 0 unspecified atom stereocenters. The lowest BCUT2D eigenvalue weighted by atomic mass is 10.1. The normalized spacial score (nSPS) is 10.8. The van der Waals surface area contributed by atoms with Crippen LogP contribution < -0.4 is 4.74 Å². The van der Waals surface area contributed by atoms with E-state index in [0.29, 0.717) is 16.9 Å². The molecule has 7 heteroatoms. The van der Waals surface area contributed by atoms with Crippen LogP contribution in [0.25, 0.3) is 0 Å². The molecule has 0 aliphatic heterocycles. The first-order valence-corrected chi connectivity index (χ1v) is 8.62. The van der Waals surface area contributed by atoms with Crippen molar-refractivity contribution in [2.75, 3.05) is 0 Å². The number of para-hydroxylation sites is 1. The maximum Gasteiger partial charge on any atom is 0.387 e. The Bertz CT molecular complexity index is 895. The summed E-state index contributed by atoms with van der Waals surface area (Å²) in [5, 5.41) is 10.0. The molecule has 0 fully saturated rings. The molecule has 28 heavy (non-hydrogen) atoms. The molecule has 146 valence electrons. The molecule has 2 aromatic carbocycles. The number of phenolic OH excluding ortho intramolecular Hbond substituents is 1. The van der Waals surface area contributed by atoms with Crippen molar-refractivity contribution < 1.29 is 27.8 Å². The molecule has 0 aliphatic rings. The number of alkyl halides is 2. The second-order valence-corrected chi connectivity index (χ2v) is 6.16. The summed E-state index contributed by atoms with van der Waals surface area (Å²) in [5.74, 6) is 0.563. The van der Waals surface area contributed by atoms with Crippen molar-refractivity contribution in [3.05, 3.63) is 83.8 Å². The van der Waals surface area contributed by atoms with Crippen molar-refractivity contribution >= 4 is 5.91 Å². The smallest absolute Gasteiger partial charge is 0.387 e. The summed E-state index contributed by atoms with van der Waals surface area (Å²) in [7, 11) is 0. The standard InChI is InChI=1S/C21H19F2NO4/c22-21(23)28-17-9-7-15(8-10-17)12-20(26)24(14-18-5-3-11-27-18)13-16-4-1-2-6-19(16)25/h1-11,21,25H,12-14H2. The summed E-state index contributed by atoms with van der Waals surface area (Å²) in [5.41, 5.74) is 1.27. The zero-order valence-corrected chi connectivity index (χ0v) is 14.9. The molecule has 0 bridgehead atoms. The van der Waals surface area contributed by atoms with E-state index in [1.165, 1.54) is 18.4 Å². The van der Waals surface area contributed by atoms with Crippen LogP contribution in [0.3, 0.4) is 0 Å². The van der Waals surface area contributed by atoms with Gasteiger partial charge < -0.3 is 19.2 Å². The van der Waals surface area contributed by atoms with E-state index < -0.39 is 6.61 Å². The Balaban J connectivity index is 1.73. The average Bonchev–Trinajstić information content (AvgIpc) is 3.17. The van der Waals surface area contributed by atoms with Gasteiger partial charge in [0.2, 0.25) is 5.91 Å². The monoisotopic (exact) mass is 387 g/mol. The largest absolute Gasteiger partial charge is 0.508 e. The van der Waals surface area contributed by atoms with Gasteiger partial charge in [0.15, 0.2) is 0 Å². The fourth-order valence-electron chi connectivity index (χ4n) is 2.75. The van der Waals surface area contributed by atoms with Crippen LogP contribution in [0.1, 0.15) is 16.9 Å². The van der Waals surface area contributed by atoms with E-state index in [9.17, 15) is 18.7 Å². The maximum atomic E-state index is 12.9. The number of halogens is 2. The zero-order chi connectivity index (χ0) is 19.9. The van der Waals surface area contributed by atoms with Gasteiger partial charge in [0.05, 0.1) is 19.2 Å². The molecule has 3 rings (SSSR count). The van der Waals surface area contributed by atoms with Crippen LogP contribution in [-0.2, 0) is 24.3 Å². The van der Waals surface area contributed by atoms with Crippen LogP contribution in [-0.4, -0.2) is 22.5 Å². The van der Waals surface area contributed by atoms with Crippen molar-refractivity contribution in [1.82, 2.24) is 4.90 Å². The number of nitrogens with zero attached hydrogens (tertiary/aromatic N) is 1. The van der Waals surface area contributed by atoms with Gasteiger partial charge in [0.1, 0.15) is 17.3 Å². The molecule has 0 atom stereocenters. The highest BCUT2D eigenvalue weighted by Crippen LogP contribution is 2.21. The minimum Gasteiger partial charge on any atom is -0.508 e. The molecule has 1 N–H and O–H groups in total. The number of benzene rings is 2. The van der Waals surface area contributed by atoms with Gasteiger partial charge in [-0.25, -0.2) is 0 Å². The predicted molar refractivity (Wildman–Crippen MR) is 97.8 cm³/mol. The van der Waals surface area contributed by atoms with E-state index in [1.54, 1.807) is 53.4 Å². The number of carbonyl (C=O) groups excluding carboxylic acids is 1. The predicted octanol–water partition coefficient (Wildman–Crippen LogP) is 4.36. The molecular weight excluding hydrogens is 368 g/mol. The summed E-state index contributed by atoms with van der Waals surface area (Å²) in [6.45, 7) is -2.44. The van der Waals surface area contributed by atoms with E-state index >= 15 is 0 Å². The molecule has 1 heterocycles. The molecule has 0 radical (unpaired) electrons. The van der Waals surface area contributed by atoms with Crippen LogP contribution in [0.5, 0.6) is 11.5 Å². The minimum absolute atomic E-state index is 0.0350. The lowest BCUT2D eigenvalue weighted by Gasteiger charge is -2.22. The van der Waals surface area contributed by atoms with Gasteiger partial charge in [-0.15, -0.1) is 0 Å². The van der Waals surface area contributed by atoms with Gasteiger partial charge in [0, 0.05) is 12.1 Å². The van der Waals surface area contributed by atoms with Crippen molar-refractivity contribution in [2.24, 2.45) is 0 Å². The lowest BCUT2D eigenvalue weighted by molar-refractivity contribution is -0.132. The number of aromatic hydroxyl groups is 1. The third-order valence-corrected chi connectivity index (χ3v) is 4.14. The molecule has 1 aromatic heterocycles. The number of hydrogen-bond donors (Lipinski definition) is 1. The van der Waals surface area contributed by atoms with Crippen molar-refractivity contribution in [2.45, 2.75) is 26.1 Å². The Morgan fingerprint density at radius 3 is 2.43 bits per heavy atom. The van der Waals surface area contributed by atoms with Crippen LogP contribution in [0.4, 0.5) is 8.78 Å². The van der Waals surface area contributed by atoms with Crippen molar-refractivity contribution in [1.29, 1.82) is 0 Å². The van der Waals surface area contributed by atoms with Gasteiger partial charge >= 0.3 is 6.61 Å². The fourth-order valence-corrected chi connectivity index (χ4v) is 2.75. The van der Waals surface area contributed by atoms with Crippen LogP contribution in [0, 0.1) is 0 Å². The molecular formula is C21H19F2NO4. The Morgan fingerprint density at radius 2 is 1.79 bits per heavy atom. The van der Waals surface area contributed by atoms with Crippen molar-refractivity contribution in [3.8, 4) is 11.5 Å². The Kier molecular flexibility index (Phi) is 6.26. The van der Waals surface area contributed by atoms with Gasteiger partial charge in [-0.3, -0.25) is 4.79 Å². The van der Waals surface area contributed by atoms with Crippen LogP contribution in [0.15, 0.2) is 71.3 Å². The SMILES string of the molecule is O=C(Cc1ccc(OC(F)F)cc1)N(Cc1ccco1)Cc1ccccc1O. The van der Waals surface area contributed by atoms with E-state index in [2.05, 4.69) is 4.74 Å². The van der Waals surface area contributed by atoms with Gasteiger partial charge in [0.25, 0.3) is 0 Å². The molecule has 0 saturated heterocycles. The Hall–Kier alpha value is -3.35. The quantitative estimate of drug-likeness (QED) is 0.624. The highest BCUT2D eigenvalue weighted by Gasteiger charge is 2.18. The number of rotatable bonds is 8. The second kappa shape index (κ2) is 9.03. The first-order valence-electron chi connectivity index (χ1n) is 8.62. The molecule has 0 aliphatic carbocycles. The van der Waals surface area contributed by atoms with Crippen LogP contribution >= 0.6 is 0 Å². The third-order valence-electron chi connectivity index (χ3n) is 4.14. The number of hydrogen-bond acceptors (Lipinski definition) is 4. The second-order valence-electron chi connectivity index (χ2n) is 6.16. The van der Waals surface area contributed by atoms with E-state index in [-0.39, 0.29) is 36.9 Å². The highest BCUT2D eigenvalue weighted by atomic mass is 19.3. The average molecular weight is 387 g/mol. The summed E-state index contributed by atoms with van der Waals surface area (Å²) >= 11 is 0. The molecule has 5 nitrogen and oxygen atoms in total. The number of ether oxygens (including phenoxy) is 1. The highest BCUT2D eigenvalue weighted by molar-refractivity contribution is 5.78. The van der Waals surface area contributed by atoms with Gasteiger partial charge in [-0.1, -0.05) is 30.3 Å². The molecule has 0 saturated carbocycles. The number of furan rings is 1. The molecule has 1 amide bonds. The number of carbonyl (C=O) groups is 1. The summed E-state index contributed by atoms with van der Waals surface area (Å²) in [6, 6.07) is 16.2. The van der Waals surface area contributed by atoms with Crippen LogP contribution in [0.2, 0.25) is 0 Å². The topological polar surface area (TPSA) is 62.9 Å². The van der Waals surface area contributed by atoms with Gasteiger partial charge in [-0.2, -0.15) is 8.78 Å². The lowest BCUT2D eigenvalue weighted by Crippen LogP contribution is -2.31. The summed E-state index contributed by atoms with van der Waals surface area (Å²) < 4.78 is 34.1. The zero-order valence-electron chi connectivity index (χ0n) is 14.9. The van der Waals surface area contributed by atoms with E-state index in [4.69, 9.17) is 4.42 Å². The molecule has 0 spiro atoms. The first kappa shape index (κ1) is 19.4. The minimum atomic E-state index is -2.89. The summed E-state index contributed by atoms with van der Waals surface area (Å²) in [6.07, 6.45) is 1.60. The molecule has 3 aromatic rings. The number of amides is 1. The van der Waals surface area contributed by atoms with E-state index in [0.717, 1.165) is 0 Å². The fraction of sp³-hybridized carbons (Fsp3) is 0.190. The Labute approximate surface area is 160 Å². The Morgan fingerprint density at radius 1 is 1.04 bits per heavy atom. The third kappa shape index (κ3) is 5.33. The first-order chi connectivity index (χ1) is 13.5. The number of phenols is 1.